The fourth-order valence-electron chi connectivity index (χ4n) is 4.46. The van der Waals surface area contributed by atoms with Crippen LogP contribution < -0.4 is 43.8 Å². The summed E-state index contributed by atoms with van der Waals surface area (Å²) in [7, 11) is 0. The van der Waals surface area contributed by atoms with Crippen LogP contribution in [0.25, 0.3) is 0 Å². The molecule has 3 heterocycles. The van der Waals surface area contributed by atoms with E-state index in [1.54, 1.807) is 12.1 Å². The number of benzene rings is 1. The molecule has 1 aromatic heterocycles. The first-order chi connectivity index (χ1) is 15.2. The van der Waals surface area contributed by atoms with Gasteiger partial charge in [0.1, 0.15) is 10.0 Å². The Bertz CT molecular complexity index is 885. The Morgan fingerprint density at radius 3 is 1.56 bits per heavy atom. The molecule has 4 rings (SSSR count). The van der Waals surface area contributed by atoms with Crippen molar-refractivity contribution in [2.45, 2.75) is 37.0 Å². The molecule has 4 atom stereocenters. The summed E-state index contributed by atoms with van der Waals surface area (Å²) < 4.78 is 0. The lowest BCUT2D eigenvalue weighted by atomic mass is 10.0. The molecule has 0 saturated carbocycles. The number of hydrogen-bond donors (Lipinski definition) is 6. The number of anilines is 5. The third-order valence-electron chi connectivity index (χ3n) is 5.85. The third-order valence-corrected chi connectivity index (χ3v) is 6.57. The highest BCUT2D eigenvalue weighted by Gasteiger charge is 2.31. The summed E-state index contributed by atoms with van der Waals surface area (Å²) in [4.78, 5) is 8.93. The molecular formula is C21H31Cl2N9. The average Bonchev–Trinajstić information content (AvgIpc) is 2.71. The second kappa shape index (κ2) is 9.46. The molecule has 2 aromatic rings. The van der Waals surface area contributed by atoms with Gasteiger partial charge in [-0.25, -0.2) is 4.98 Å². The van der Waals surface area contributed by atoms with Crippen molar-refractivity contribution < 1.29 is 0 Å². The van der Waals surface area contributed by atoms with Crippen LogP contribution in [0.3, 0.4) is 0 Å². The van der Waals surface area contributed by atoms with Gasteiger partial charge < -0.3 is 43.8 Å². The van der Waals surface area contributed by atoms with Crippen molar-refractivity contribution in [1.82, 2.24) is 4.98 Å². The lowest BCUT2D eigenvalue weighted by Gasteiger charge is -2.39. The Morgan fingerprint density at radius 2 is 1.16 bits per heavy atom. The van der Waals surface area contributed by atoms with Crippen molar-refractivity contribution in [3.05, 3.63) is 34.3 Å². The standard InChI is InChI=1S/C21H31Cl2N9/c22-17-19(29-16-3-1-11(24)2-4-16)18(23)21(32-9-14(27)6-15(28)10-32)30-20(17)31-7-12(25)5-13(26)8-31/h1-4,12-15H,5-10,24-28H2,(H,29,30)/t12-,13+,14-,15+. The Kier molecular flexibility index (Phi) is 6.85. The molecular weight excluding hydrogens is 449 g/mol. The molecule has 0 bridgehead atoms. The maximum absolute atomic E-state index is 6.87. The molecule has 2 fully saturated rings. The summed E-state index contributed by atoms with van der Waals surface area (Å²) >= 11 is 13.7. The van der Waals surface area contributed by atoms with E-state index < -0.39 is 0 Å². The molecule has 2 aliphatic rings. The second-order valence-electron chi connectivity index (χ2n) is 8.83. The van der Waals surface area contributed by atoms with E-state index in [-0.39, 0.29) is 24.2 Å². The highest BCUT2D eigenvalue weighted by molar-refractivity contribution is 6.42. The summed E-state index contributed by atoms with van der Waals surface area (Å²) in [6.45, 7) is 2.40. The zero-order chi connectivity index (χ0) is 23.0. The molecule has 174 valence electrons. The first kappa shape index (κ1) is 23.2. The molecule has 0 spiro atoms. The molecule has 0 aliphatic carbocycles. The Morgan fingerprint density at radius 1 is 0.750 bits per heavy atom. The Hall–Kier alpha value is -2.01. The minimum atomic E-state index is -0.0684. The van der Waals surface area contributed by atoms with E-state index in [1.165, 1.54) is 0 Å². The van der Waals surface area contributed by atoms with Gasteiger partial charge in [0.2, 0.25) is 0 Å². The highest BCUT2D eigenvalue weighted by atomic mass is 35.5. The lowest BCUT2D eigenvalue weighted by Crippen LogP contribution is -2.53. The summed E-state index contributed by atoms with van der Waals surface area (Å²) in [5.74, 6) is 1.17. The topological polar surface area (TPSA) is 162 Å². The SMILES string of the molecule is Nc1ccc(Nc2c(Cl)c(N3C[C@H](N)C[C@H](N)C3)nc(N3C[C@H](N)C[C@H](N)C3)c2Cl)cc1. The molecule has 0 unspecified atom stereocenters. The fraction of sp³-hybridized carbons (Fsp3) is 0.476. The number of pyridine rings is 1. The van der Waals surface area contributed by atoms with E-state index in [9.17, 15) is 0 Å². The second-order valence-corrected chi connectivity index (χ2v) is 9.59. The maximum atomic E-state index is 6.87. The fourth-order valence-corrected chi connectivity index (χ4v) is 5.12. The average molecular weight is 480 g/mol. The zero-order valence-electron chi connectivity index (χ0n) is 17.8. The smallest absolute Gasteiger partial charge is 0.152 e. The first-order valence-electron chi connectivity index (χ1n) is 10.7. The molecule has 0 radical (unpaired) electrons. The molecule has 11 N–H and O–H groups in total. The number of nitrogen functional groups attached to an aromatic ring is 1. The van der Waals surface area contributed by atoms with Crippen molar-refractivity contribution in [3.8, 4) is 0 Å². The van der Waals surface area contributed by atoms with Gasteiger partial charge in [0.05, 0.1) is 5.69 Å². The molecule has 0 amide bonds. The lowest BCUT2D eigenvalue weighted by molar-refractivity contribution is 0.445. The first-order valence-corrected chi connectivity index (χ1v) is 11.5. The van der Waals surface area contributed by atoms with E-state index >= 15 is 0 Å². The van der Waals surface area contributed by atoms with Crippen molar-refractivity contribution in [2.75, 3.05) is 47.0 Å². The van der Waals surface area contributed by atoms with E-state index in [4.69, 9.17) is 56.9 Å². The van der Waals surface area contributed by atoms with Crippen molar-refractivity contribution in [2.24, 2.45) is 22.9 Å². The number of rotatable bonds is 4. The van der Waals surface area contributed by atoms with Gasteiger partial charge in [-0.1, -0.05) is 23.2 Å². The van der Waals surface area contributed by atoms with E-state index in [1.807, 2.05) is 21.9 Å². The quantitative estimate of drug-likeness (QED) is 0.356. The maximum Gasteiger partial charge on any atom is 0.152 e. The van der Waals surface area contributed by atoms with Crippen LogP contribution in [-0.4, -0.2) is 55.3 Å². The molecule has 11 heteroatoms. The van der Waals surface area contributed by atoms with Crippen LogP contribution in [0.1, 0.15) is 12.8 Å². The van der Waals surface area contributed by atoms with Crippen LogP contribution in [0, 0.1) is 0 Å². The van der Waals surface area contributed by atoms with Gasteiger partial charge in [-0.2, -0.15) is 0 Å². The molecule has 1 aromatic carbocycles. The van der Waals surface area contributed by atoms with Crippen molar-refractivity contribution >= 4 is 51.9 Å². The number of nitrogens with zero attached hydrogens (tertiary/aromatic N) is 3. The van der Waals surface area contributed by atoms with Crippen LogP contribution in [0.15, 0.2) is 24.3 Å². The van der Waals surface area contributed by atoms with Gasteiger partial charge in [-0.3, -0.25) is 0 Å². The largest absolute Gasteiger partial charge is 0.399 e. The van der Waals surface area contributed by atoms with Gasteiger partial charge in [0.15, 0.2) is 11.6 Å². The Labute approximate surface area is 198 Å². The summed E-state index contributed by atoms with van der Waals surface area (Å²) in [5.41, 5.74) is 32.8. The van der Waals surface area contributed by atoms with Crippen LogP contribution in [0.4, 0.5) is 28.7 Å². The Balaban J connectivity index is 1.79. The number of hydrogen-bond acceptors (Lipinski definition) is 9. The number of piperidine rings is 2. The van der Waals surface area contributed by atoms with Gasteiger partial charge in [-0.15, -0.1) is 0 Å². The summed E-state index contributed by atoms with van der Waals surface area (Å²) in [6, 6.07) is 7.06. The summed E-state index contributed by atoms with van der Waals surface area (Å²) in [6.07, 6.45) is 1.50. The van der Waals surface area contributed by atoms with Crippen LogP contribution in [0.5, 0.6) is 0 Å². The van der Waals surface area contributed by atoms with Crippen LogP contribution in [0.2, 0.25) is 10.0 Å². The predicted molar refractivity (Wildman–Crippen MR) is 134 cm³/mol. The zero-order valence-corrected chi connectivity index (χ0v) is 19.4. The van der Waals surface area contributed by atoms with Gasteiger partial charge in [0, 0.05) is 61.7 Å². The molecule has 9 nitrogen and oxygen atoms in total. The number of nitrogens with one attached hydrogen (secondary N) is 1. The van der Waals surface area contributed by atoms with E-state index in [0.29, 0.717) is 59.2 Å². The summed E-state index contributed by atoms with van der Waals surface area (Å²) in [5, 5.41) is 4.14. The molecule has 32 heavy (non-hydrogen) atoms. The van der Waals surface area contributed by atoms with Gasteiger partial charge in [0.25, 0.3) is 0 Å². The highest BCUT2D eigenvalue weighted by Crippen LogP contribution is 2.44. The monoisotopic (exact) mass is 479 g/mol. The van der Waals surface area contributed by atoms with E-state index in [0.717, 1.165) is 18.5 Å². The van der Waals surface area contributed by atoms with Gasteiger partial charge in [-0.05, 0) is 37.1 Å². The van der Waals surface area contributed by atoms with Crippen molar-refractivity contribution in [1.29, 1.82) is 0 Å². The van der Waals surface area contributed by atoms with Crippen LogP contribution in [-0.2, 0) is 0 Å². The third kappa shape index (κ3) is 4.98. The van der Waals surface area contributed by atoms with Gasteiger partial charge >= 0.3 is 0 Å². The van der Waals surface area contributed by atoms with Crippen molar-refractivity contribution in [3.63, 3.8) is 0 Å². The minimum Gasteiger partial charge on any atom is -0.399 e. The van der Waals surface area contributed by atoms with Crippen LogP contribution >= 0.6 is 23.2 Å². The number of aromatic nitrogens is 1. The number of nitrogens with two attached hydrogens (primary N) is 5. The van der Waals surface area contributed by atoms with E-state index in [2.05, 4.69) is 5.32 Å². The number of halogens is 2. The normalized spacial score (nSPS) is 26.3. The molecule has 2 saturated heterocycles. The predicted octanol–water partition coefficient (Wildman–Crippen LogP) is 1.44. The minimum absolute atomic E-state index is 0.0684. The molecule has 2 aliphatic heterocycles.